The number of hydrogen-bond donors (Lipinski definition) is 1. The van der Waals surface area contributed by atoms with Crippen LogP contribution in [0.25, 0.3) is 0 Å². The highest BCUT2D eigenvalue weighted by molar-refractivity contribution is 5.75. The molecule has 1 amide bonds. The summed E-state index contributed by atoms with van der Waals surface area (Å²) < 4.78 is 5.45. The molecule has 0 spiro atoms. The molecule has 3 heteroatoms. The van der Waals surface area contributed by atoms with E-state index in [4.69, 9.17) is 4.74 Å². The second-order valence-corrected chi connectivity index (χ2v) is 3.26. The fourth-order valence-electron chi connectivity index (χ4n) is 1.45. The van der Waals surface area contributed by atoms with Crippen LogP contribution in [0.1, 0.15) is 33.1 Å². The van der Waals surface area contributed by atoms with E-state index in [9.17, 15) is 4.79 Å². The molecule has 0 radical (unpaired) electrons. The smallest absolute Gasteiger partial charge is 0.220 e. The van der Waals surface area contributed by atoms with Gasteiger partial charge < -0.3 is 10.1 Å². The summed E-state index contributed by atoms with van der Waals surface area (Å²) in [6.45, 7) is 4.71. The monoisotopic (exact) mass is 171 g/mol. The summed E-state index contributed by atoms with van der Waals surface area (Å²) in [5, 5.41) is 2.91. The Kier molecular flexibility index (Phi) is 3.53. The van der Waals surface area contributed by atoms with Crippen LogP contribution in [0.4, 0.5) is 0 Å². The zero-order valence-corrected chi connectivity index (χ0v) is 7.80. The highest BCUT2D eigenvalue weighted by Gasteiger charge is 2.22. The number of carbonyl (C=O) groups is 1. The average molecular weight is 171 g/mol. The lowest BCUT2D eigenvalue weighted by Crippen LogP contribution is -2.40. The van der Waals surface area contributed by atoms with Gasteiger partial charge in [0.15, 0.2) is 0 Å². The zero-order chi connectivity index (χ0) is 8.97. The number of ether oxygens (including phenoxy) is 1. The summed E-state index contributed by atoms with van der Waals surface area (Å²) in [4.78, 5) is 11.0. The number of hydrogen-bond acceptors (Lipinski definition) is 2. The van der Waals surface area contributed by atoms with Gasteiger partial charge in [-0.3, -0.25) is 4.79 Å². The quantitative estimate of drug-likeness (QED) is 0.690. The molecule has 3 nitrogen and oxygen atoms in total. The highest BCUT2D eigenvalue weighted by atomic mass is 16.5. The van der Waals surface area contributed by atoms with E-state index >= 15 is 0 Å². The van der Waals surface area contributed by atoms with Gasteiger partial charge in [-0.05, 0) is 19.8 Å². The molecule has 0 aliphatic carbocycles. The van der Waals surface area contributed by atoms with Gasteiger partial charge in [0.05, 0.1) is 12.1 Å². The maximum atomic E-state index is 11.0. The van der Waals surface area contributed by atoms with Gasteiger partial charge in [0.2, 0.25) is 5.91 Å². The Balaban J connectivity index is 2.26. The molecule has 2 atom stereocenters. The third-order valence-electron chi connectivity index (χ3n) is 2.23. The summed E-state index contributed by atoms with van der Waals surface area (Å²) in [5.41, 5.74) is 0. The molecule has 0 aromatic rings. The zero-order valence-electron chi connectivity index (χ0n) is 7.80. The van der Waals surface area contributed by atoms with Crippen molar-refractivity contribution in [3.05, 3.63) is 0 Å². The van der Waals surface area contributed by atoms with Crippen LogP contribution < -0.4 is 5.32 Å². The Morgan fingerprint density at radius 3 is 3.00 bits per heavy atom. The molecule has 2 unspecified atom stereocenters. The van der Waals surface area contributed by atoms with Crippen LogP contribution in [0.15, 0.2) is 0 Å². The van der Waals surface area contributed by atoms with E-state index in [0.29, 0.717) is 6.42 Å². The molecule has 0 bridgehead atoms. The van der Waals surface area contributed by atoms with Crippen LogP contribution in [-0.4, -0.2) is 24.7 Å². The molecule has 1 rings (SSSR count). The Morgan fingerprint density at radius 1 is 1.75 bits per heavy atom. The van der Waals surface area contributed by atoms with E-state index in [0.717, 1.165) is 19.4 Å². The normalized spacial score (nSPS) is 25.3. The van der Waals surface area contributed by atoms with Crippen LogP contribution in [0.2, 0.25) is 0 Å². The van der Waals surface area contributed by atoms with E-state index < -0.39 is 0 Å². The van der Waals surface area contributed by atoms with Crippen LogP contribution in [0.3, 0.4) is 0 Å². The van der Waals surface area contributed by atoms with Gasteiger partial charge in [-0.15, -0.1) is 0 Å². The number of rotatable bonds is 3. The Bertz CT molecular complexity index is 153. The van der Waals surface area contributed by atoms with Gasteiger partial charge in [-0.25, -0.2) is 0 Å². The minimum atomic E-state index is 0.109. The molecule has 12 heavy (non-hydrogen) atoms. The van der Waals surface area contributed by atoms with Crippen molar-refractivity contribution in [2.24, 2.45) is 0 Å². The van der Waals surface area contributed by atoms with E-state index in [1.54, 1.807) is 0 Å². The third-order valence-corrected chi connectivity index (χ3v) is 2.23. The molecule has 0 aromatic carbocycles. The van der Waals surface area contributed by atoms with Gasteiger partial charge in [-0.2, -0.15) is 0 Å². The van der Waals surface area contributed by atoms with Gasteiger partial charge in [-0.1, -0.05) is 6.92 Å². The van der Waals surface area contributed by atoms with Crippen LogP contribution >= 0.6 is 0 Å². The maximum absolute atomic E-state index is 11.0. The molecule has 1 saturated heterocycles. The van der Waals surface area contributed by atoms with E-state index in [1.807, 2.05) is 13.8 Å². The van der Waals surface area contributed by atoms with Crippen molar-refractivity contribution in [1.29, 1.82) is 0 Å². The van der Waals surface area contributed by atoms with Crippen LogP contribution in [0, 0.1) is 0 Å². The van der Waals surface area contributed by atoms with Gasteiger partial charge in [0.25, 0.3) is 0 Å². The Labute approximate surface area is 73.5 Å². The van der Waals surface area contributed by atoms with Gasteiger partial charge in [0.1, 0.15) is 0 Å². The molecule has 0 saturated carbocycles. The predicted octanol–water partition coefficient (Wildman–Crippen LogP) is 1.08. The fourth-order valence-corrected chi connectivity index (χ4v) is 1.45. The van der Waals surface area contributed by atoms with E-state index in [2.05, 4.69) is 5.32 Å². The molecule has 0 aromatic heterocycles. The Morgan fingerprint density at radius 2 is 2.50 bits per heavy atom. The average Bonchev–Trinajstić information content (AvgIpc) is 2.56. The minimum absolute atomic E-state index is 0.109. The first kappa shape index (κ1) is 9.52. The summed E-state index contributed by atoms with van der Waals surface area (Å²) in [6, 6.07) is 0.167. The molecular weight excluding hydrogens is 154 g/mol. The van der Waals surface area contributed by atoms with Crippen molar-refractivity contribution >= 4 is 5.91 Å². The molecule has 70 valence electrons. The summed E-state index contributed by atoms with van der Waals surface area (Å²) in [7, 11) is 0. The second-order valence-electron chi connectivity index (χ2n) is 3.26. The molecule has 1 heterocycles. The van der Waals surface area contributed by atoms with Crippen molar-refractivity contribution in [1.82, 2.24) is 5.32 Å². The van der Waals surface area contributed by atoms with E-state index in [-0.39, 0.29) is 18.1 Å². The lowest BCUT2D eigenvalue weighted by molar-refractivity contribution is -0.122. The Hall–Kier alpha value is -0.570. The SMILES string of the molecule is CCC(=O)NC(C)C1CCCO1. The van der Waals surface area contributed by atoms with Crippen molar-refractivity contribution in [3.8, 4) is 0 Å². The lowest BCUT2D eigenvalue weighted by Gasteiger charge is -2.19. The van der Waals surface area contributed by atoms with Gasteiger partial charge in [0, 0.05) is 13.0 Å². The third kappa shape index (κ3) is 2.48. The van der Waals surface area contributed by atoms with Crippen molar-refractivity contribution < 1.29 is 9.53 Å². The molecule has 1 fully saturated rings. The van der Waals surface area contributed by atoms with Crippen molar-refractivity contribution in [2.45, 2.75) is 45.3 Å². The first-order valence-corrected chi connectivity index (χ1v) is 4.65. The van der Waals surface area contributed by atoms with Crippen molar-refractivity contribution in [2.75, 3.05) is 6.61 Å². The molecule has 1 aliphatic heterocycles. The number of amides is 1. The fraction of sp³-hybridized carbons (Fsp3) is 0.889. The first-order chi connectivity index (χ1) is 5.74. The number of nitrogens with one attached hydrogen (secondary N) is 1. The predicted molar refractivity (Wildman–Crippen MR) is 46.9 cm³/mol. The summed E-state index contributed by atoms with van der Waals surface area (Å²) >= 11 is 0. The minimum Gasteiger partial charge on any atom is -0.376 e. The maximum Gasteiger partial charge on any atom is 0.220 e. The topological polar surface area (TPSA) is 38.3 Å². The molecule has 1 aliphatic rings. The first-order valence-electron chi connectivity index (χ1n) is 4.65. The van der Waals surface area contributed by atoms with Crippen LogP contribution in [0.5, 0.6) is 0 Å². The number of carbonyl (C=O) groups excluding carboxylic acids is 1. The largest absolute Gasteiger partial charge is 0.376 e. The van der Waals surface area contributed by atoms with Gasteiger partial charge >= 0.3 is 0 Å². The standard InChI is InChI=1S/C9H17NO2/c1-3-9(11)10-7(2)8-5-4-6-12-8/h7-8H,3-6H2,1-2H3,(H,10,11). The molecular formula is C9H17NO2. The van der Waals surface area contributed by atoms with E-state index in [1.165, 1.54) is 0 Å². The summed E-state index contributed by atoms with van der Waals surface area (Å²) in [6.07, 6.45) is 2.99. The second kappa shape index (κ2) is 4.45. The highest BCUT2D eigenvalue weighted by Crippen LogP contribution is 2.15. The summed E-state index contributed by atoms with van der Waals surface area (Å²) in [5.74, 6) is 0.109. The van der Waals surface area contributed by atoms with Crippen LogP contribution in [-0.2, 0) is 9.53 Å². The molecule has 1 N–H and O–H groups in total. The lowest BCUT2D eigenvalue weighted by atomic mass is 10.1. The van der Waals surface area contributed by atoms with Crippen molar-refractivity contribution in [3.63, 3.8) is 0 Å².